The minimum atomic E-state index is -1.00. The summed E-state index contributed by atoms with van der Waals surface area (Å²) in [4.78, 5) is 13.3. The van der Waals surface area contributed by atoms with Crippen molar-refractivity contribution in [1.82, 2.24) is 16.0 Å². The van der Waals surface area contributed by atoms with Crippen molar-refractivity contribution in [2.24, 2.45) is 0 Å². The maximum atomic E-state index is 13.9. The number of aliphatic hydroxyl groups is 1. The van der Waals surface area contributed by atoms with E-state index in [1.165, 1.54) is 17.7 Å². The van der Waals surface area contributed by atoms with Gasteiger partial charge in [-0.1, -0.05) is 66.9 Å². The zero-order valence-electron chi connectivity index (χ0n) is 23.3. The van der Waals surface area contributed by atoms with Gasteiger partial charge in [0.1, 0.15) is 11.6 Å². The van der Waals surface area contributed by atoms with E-state index >= 15 is 0 Å². The number of carbonyl (C=O) groups is 1. The predicted molar refractivity (Wildman–Crippen MR) is 160 cm³/mol. The number of unbranched alkanes of at least 4 members (excludes halogenated alkanes) is 2. The predicted octanol–water partition coefficient (Wildman–Crippen LogP) is 6.06. The number of rotatable bonds is 16. The molecule has 0 heterocycles. The van der Waals surface area contributed by atoms with E-state index in [-0.39, 0.29) is 18.9 Å². The molecule has 0 saturated heterocycles. The normalized spacial score (nSPS) is 12.8. The lowest BCUT2D eigenvalue weighted by Crippen LogP contribution is -2.48. The lowest BCUT2D eigenvalue weighted by Gasteiger charge is -2.25. The Morgan fingerprint density at radius 3 is 2.33 bits per heavy atom. The van der Waals surface area contributed by atoms with E-state index in [0.29, 0.717) is 24.2 Å². The van der Waals surface area contributed by atoms with E-state index < -0.39 is 23.8 Å². The second kappa shape index (κ2) is 16.6. The number of carbonyl (C=O) groups excluding carboxylic acids is 1. The second-order valence-corrected chi connectivity index (χ2v) is 11.1. The molecule has 40 heavy (non-hydrogen) atoms. The van der Waals surface area contributed by atoms with Crippen molar-refractivity contribution >= 4 is 21.8 Å². The van der Waals surface area contributed by atoms with Gasteiger partial charge in [-0.15, -0.1) is 0 Å². The molecule has 0 aliphatic rings. The fourth-order valence-corrected chi connectivity index (χ4v) is 5.14. The molecule has 0 saturated carbocycles. The molecule has 4 N–H and O–H groups in total. The maximum absolute atomic E-state index is 13.9. The maximum Gasteiger partial charge on any atom is 0.251 e. The highest BCUT2D eigenvalue weighted by molar-refractivity contribution is 9.10. The van der Waals surface area contributed by atoms with E-state index in [1.807, 2.05) is 24.3 Å². The van der Waals surface area contributed by atoms with Gasteiger partial charge in [-0.2, -0.15) is 0 Å². The van der Waals surface area contributed by atoms with Crippen LogP contribution in [0.25, 0.3) is 0 Å². The summed E-state index contributed by atoms with van der Waals surface area (Å²) in [7, 11) is 0. The van der Waals surface area contributed by atoms with E-state index in [2.05, 4.69) is 57.9 Å². The highest BCUT2D eigenvalue weighted by Crippen LogP contribution is 2.18. The summed E-state index contributed by atoms with van der Waals surface area (Å²) in [5.74, 6) is -1.77. The monoisotopic (exact) mass is 615 g/mol. The van der Waals surface area contributed by atoms with Crippen molar-refractivity contribution in [3.8, 4) is 0 Å². The van der Waals surface area contributed by atoms with Crippen LogP contribution in [-0.4, -0.2) is 36.2 Å². The third kappa shape index (κ3) is 10.7. The fourth-order valence-electron chi connectivity index (χ4n) is 4.60. The Labute approximate surface area is 244 Å². The first kappa shape index (κ1) is 31.9. The Balaban J connectivity index is 1.70. The SMILES string of the molecule is CCCCCNCc1cc(Br)cc(C(=O)N[C@@H](Cc2cc(F)cc(F)c2)[C@H](O)CNCc2cccc(CC)c2)c1. The van der Waals surface area contributed by atoms with Crippen molar-refractivity contribution in [1.29, 1.82) is 0 Å². The molecule has 3 rings (SSSR count). The Hall–Kier alpha value is -2.65. The number of nitrogens with one attached hydrogen (secondary N) is 3. The van der Waals surface area contributed by atoms with Gasteiger partial charge in [-0.25, -0.2) is 8.78 Å². The third-order valence-electron chi connectivity index (χ3n) is 6.75. The first-order valence-electron chi connectivity index (χ1n) is 14.0. The van der Waals surface area contributed by atoms with Crippen LogP contribution >= 0.6 is 15.9 Å². The first-order valence-corrected chi connectivity index (χ1v) is 14.8. The lowest BCUT2D eigenvalue weighted by molar-refractivity contribution is 0.0829. The van der Waals surface area contributed by atoms with Crippen LogP contribution in [0.4, 0.5) is 8.78 Å². The second-order valence-electron chi connectivity index (χ2n) is 10.2. The molecule has 216 valence electrons. The van der Waals surface area contributed by atoms with Gasteiger partial charge in [0.05, 0.1) is 12.1 Å². The molecule has 1 amide bonds. The number of halogens is 3. The molecule has 2 atom stereocenters. The Morgan fingerprint density at radius 1 is 0.875 bits per heavy atom. The molecule has 0 spiro atoms. The van der Waals surface area contributed by atoms with Gasteiger partial charge in [-0.3, -0.25) is 4.79 Å². The zero-order valence-corrected chi connectivity index (χ0v) is 24.9. The van der Waals surface area contributed by atoms with Crippen LogP contribution < -0.4 is 16.0 Å². The summed E-state index contributed by atoms with van der Waals surface area (Å²) < 4.78 is 28.6. The number of hydrogen-bond donors (Lipinski definition) is 4. The van der Waals surface area contributed by atoms with Crippen LogP contribution in [-0.2, 0) is 25.9 Å². The highest BCUT2D eigenvalue weighted by Gasteiger charge is 2.23. The Morgan fingerprint density at radius 2 is 1.60 bits per heavy atom. The fraction of sp³-hybridized carbons (Fsp3) is 0.406. The molecule has 8 heteroatoms. The molecule has 0 unspecified atom stereocenters. The summed E-state index contributed by atoms with van der Waals surface area (Å²) in [6.45, 7) is 6.51. The molecule has 3 aromatic carbocycles. The molecular weight excluding hydrogens is 576 g/mol. The van der Waals surface area contributed by atoms with Crippen molar-refractivity contribution in [3.63, 3.8) is 0 Å². The number of hydrogen-bond acceptors (Lipinski definition) is 4. The van der Waals surface area contributed by atoms with Crippen LogP contribution in [0.5, 0.6) is 0 Å². The van der Waals surface area contributed by atoms with Crippen molar-refractivity contribution in [2.75, 3.05) is 13.1 Å². The Kier molecular flexibility index (Phi) is 13.2. The van der Waals surface area contributed by atoms with Gasteiger partial charge in [0.15, 0.2) is 0 Å². The van der Waals surface area contributed by atoms with Gasteiger partial charge in [0, 0.05) is 35.7 Å². The van der Waals surface area contributed by atoms with Crippen molar-refractivity contribution < 1.29 is 18.7 Å². The van der Waals surface area contributed by atoms with E-state index in [1.54, 1.807) is 6.07 Å². The number of benzene rings is 3. The van der Waals surface area contributed by atoms with Crippen LogP contribution in [0.3, 0.4) is 0 Å². The number of aliphatic hydroxyl groups excluding tert-OH is 1. The van der Waals surface area contributed by atoms with Gasteiger partial charge in [-0.05, 0) is 78.4 Å². The summed E-state index contributed by atoms with van der Waals surface area (Å²) >= 11 is 3.50. The van der Waals surface area contributed by atoms with Gasteiger partial charge >= 0.3 is 0 Å². The zero-order chi connectivity index (χ0) is 28.9. The average molecular weight is 617 g/mol. The number of amides is 1. The molecule has 0 aliphatic carbocycles. The first-order chi connectivity index (χ1) is 19.3. The highest BCUT2D eigenvalue weighted by atomic mass is 79.9. The largest absolute Gasteiger partial charge is 0.390 e. The number of aryl methyl sites for hydroxylation is 1. The third-order valence-corrected chi connectivity index (χ3v) is 7.20. The smallest absolute Gasteiger partial charge is 0.251 e. The van der Waals surface area contributed by atoms with Gasteiger partial charge < -0.3 is 21.1 Å². The average Bonchev–Trinajstić information content (AvgIpc) is 2.91. The minimum Gasteiger partial charge on any atom is -0.390 e. The van der Waals surface area contributed by atoms with E-state index in [4.69, 9.17) is 0 Å². The molecule has 5 nitrogen and oxygen atoms in total. The minimum absolute atomic E-state index is 0.0639. The molecule has 0 radical (unpaired) electrons. The van der Waals surface area contributed by atoms with E-state index in [9.17, 15) is 18.7 Å². The summed E-state index contributed by atoms with van der Waals surface area (Å²) in [5.41, 5.74) is 4.05. The lowest BCUT2D eigenvalue weighted by atomic mass is 9.99. The van der Waals surface area contributed by atoms with Gasteiger partial charge in [0.25, 0.3) is 5.91 Å². The molecule has 0 fully saturated rings. The molecule has 0 aliphatic heterocycles. The van der Waals surface area contributed by atoms with Crippen molar-refractivity contribution in [2.45, 2.75) is 71.2 Å². The van der Waals surface area contributed by atoms with Crippen LogP contribution in [0.2, 0.25) is 0 Å². The Bertz CT molecular complexity index is 1220. The molecule has 0 bridgehead atoms. The molecular formula is C32H40BrF2N3O2. The topological polar surface area (TPSA) is 73.4 Å². The van der Waals surface area contributed by atoms with Crippen molar-refractivity contribution in [3.05, 3.63) is 105 Å². The summed E-state index contributed by atoms with van der Waals surface area (Å²) in [6, 6.07) is 16.2. The molecule has 0 aromatic heterocycles. The summed E-state index contributed by atoms with van der Waals surface area (Å²) in [6.07, 6.45) is 3.40. The van der Waals surface area contributed by atoms with Crippen LogP contribution in [0.1, 0.15) is 65.7 Å². The van der Waals surface area contributed by atoms with Crippen LogP contribution in [0.15, 0.2) is 65.1 Å². The molecule has 3 aromatic rings. The summed E-state index contributed by atoms with van der Waals surface area (Å²) in [5, 5.41) is 20.7. The standard InChI is InChI=1S/C32H40BrF2N3O2/c1-3-5-6-10-36-20-25-12-26(17-27(33)13-25)32(40)38-30(16-24-14-28(34)18-29(35)15-24)31(39)21-37-19-23-9-7-8-22(4-2)11-23/h7-9,11-15,17-18,30-31,36-37,39H,3-6,10,16,19-21H2,1-2H3,(H,38,40)/t30-,31+/m0/s1. The van der Waals surface area contributed by atoms with E-state index in [0.717, 1.165) is 53.9 Å². The quantitative estimate of drug-likeness (QED) is 0.148. The van der Waals surface area contributed by atoms with Gasteiger partial charge in [0.2, 0.25) is 0 Å². The van der Waals surface area contributed by atoms with Crippen LogP contribution in [0, 0.1) is 11.6 Å².